The number of nitro groups is 1. The minimum absolute atomic E-state index is 0.233. The van der Waals surface area contributed by atoms with Crippen LogP contribution in [-0.2, 0) is 6.54 Å². The van der Waals surface area contributed by atoms with Gasteiger partial charge in [-0.05, 0) is 24.6 Å². The molecule has 1 fully saturated rings. The Balaban J connectivity index is 1.93. The van der Waals surface area contributed by atoms with Gasteiger partial charge in [0.15, 0.2) is 5.66 Å². The molecule has 1 atom stereocenters. The van der Waals surface area contributed by atoms with Crippen LogP contribution in [0.4, 0.5) is 0 Å². The van der Waals surface area contributed by atoms with Crippen LogP contribution >= 0.6 is 0 Å². The maximum Gasteiger partial charge on any atom is 0.351 e. The molecule has 0 spiro atoms. The number of amidine groups is 1. The number of hydrogen-bond acceptors (Lipinski definition) is 6. The normalized spacial score (nSPS) is 24.3. The molecule has 0 saturated carbocycles. The Kier molecular flexibility index (Phi) is 3.48. The number of nitrogens with one attached hydrogen (secondary N) is 1. The summed E-state index contributed by atoms with van der Waals surface area (Å²) in [6.07, 6.45) is 0. The van der Waals surface area contributed by atoms with E-state index in [4.69, 9.17) is 10.1 Å². The minimum Gasteiger partial charge on any atom is -0.503 e. The van der Waals surface area contributed by atoms with Crippen molar-refractivity contribution in [2.75, 3.05) is 20.2 Å². The van der Waals surface area contributed by atoms with E-state index in [2.05, 4.69) is 0 Å². The van der Waals surface area contributed by atoms with Crippen LogP contribution in [0.15, 0.2) is 35.7 Å². The average Bonchev–Trinajstić information content (AvgIpc) is 2.94. The van der Waals surface area contributed by atoms with Gasteiger partial charge >= 0.3 is 5.70 Å². The minimum atomic E-state index is -1.05. The SMILES string of the molecule is COc1cccc(CN2CCN3C(=N)C([N+](=O)[O-])=C(O)C23C)c1. The molecule has 0 aromatic heterocycles. The summed E-state index contributed by atoms with van der Waals surface area (Å²) in [5.41, 5.74) is -0.591. The van der Waals surface area contributed by atoms with Crippen molar-refractivity contribution < 1.29 is 14.8 Å². The second-order valence-electron chi connectivity index (χ2n) is 5.75. The number of aliphatic hydroxyl groups is 1. The van der Waals surface area contributed by atoms with Crippen molar-refractivity contribution in [2.24, 2.45) is 0 Å². The van der Waals surface area contributed by atoms with Gasteiger partial charge in [0.2, 0.25) is 11.6 Å². The zero-order chi connectivity index (χ0) is 16.8. The van der Waals surface area contributed by atoms with E-state index < -0.39 is 16.3 Å². The van der Waals surface area contributed by atoms with Gasteiger partial charge in [-0.3, -0.25) is 20.4 Å². The Labute approximate surface area is 133 Å². The van der Waals surface area contributed by atoms with Gasteiger partial charge < -0.3 is 14.7 Å². The van der Waals surface area contributed by atoms with E-state index in [1.165, 1.54) is 0 Å². The summed E-state index contributed by atoms with van der Waals surface area (Å²) in [6, 6.07) is 7.54. The molecule has 1 saturated heterocycles. The van der Waals surface area contributed by atoms with Crippen molar-refractivity contribution in [1.82, 2.24) is 9.80 Å². The van der Waals surface area contributed by atoms with E-state index in [1.54, 1.807) is 18.9 Å². The molecular weight excluding hydrogens is 300 g/mol. The van der Waals surface area contributed by atoms with Crippen LogP contribution in [0.25, 0.3) is 0 Å². The maximum absolute atomic E-state index is 11.1. The van der Waals surface area contributed by atoms with Crippen molar-refractivity contribution in [1.29, 1.82) is 5.41 Å². The van der Waals surface area contributed by atoms with Crippen LogP contribution < -0.4 is 4.74 Å². The first-order valence-electron chi connectivity index (χ1n) is 7.22. The number of ether oxygens (including phenoxy) is 1. The standard InChI is InChI=1S/C15H18N4O4/c1-15-13(20)12(19(21)22)14(16)18(15)7-6-17(15)9-10-4-3-5-11(8-10)23-2/h3-5,8,16,20H,6-7,9H2,1-2H3. The first-order chi connectivity index (χ1) is 10.9. The van der Waals surface area contributed by atoms with E-state index in [9.17, 15) is 15.2 Å². The average molecular weight is 318 g/mol. The van der Waals surface area contributed by atoms with Gasteiger partial charge in [-0.1, -0.05) is 12.1 Å². The first-order valence-corrected chi connectivity index (χ1v) is 7.22. The summed E-state index contributed by atoms with van der Waals surface area (Å²) in [7, 11) is 1.59. The Hall–Kier alpha value is -2.61. The zero-order valence-electron chi connectivity index (χ0n) is 12.9. The van der Waals surface area contributed by atoms with Crippen LogP contribution in [0.5, 0.6) is 5.75 Å². The first kappa shape index (κ1) is 15.3. The van der Waals surface area contributed by atoms with E-state index in [-0.39, 0.29) is 11.6 Å². The Bertz CT molecular complexity index is 717. The van der Waals surface area contributed by atoms with Gasteiger partial charge in [-0.15, -0.1) is 0 Å². The van der Waals surface area contributed by atoms with Gasteiger partial charge in [0.25, 0.3) is 0 Å². The number of methoxy groups -OCH3 is 1. The molecule has 122 valence electrons. The predicted molar refractivity (Wildman–Crippen MR) is 82.9 cm³/mol. The summed E-state index contributed by atoms with van der Waals surface area (Å²) in [5.74, 6) is 0.129. The lowest BCUT2D eigenvalue weighted by Crippen LogP contribution is -2.50. The number of rotatable bonds is 4. The third-order valence-electron chi connectivity index (χ3n) is 4.59. The number of hydrogen-bond donors (Lipinski definition) is 2. The van der Waals surface area contributed by atoms with Gasteiger partial charge in [-0.2, -0.15) is 0 Å². The summed E-state index contributed by atoms with van der Waals surface area (Å²) < 4.78 is 5.21. The third kappa shape index (κ3) is 2.14. The molecule has 2 aliphatic heterocycles. The van der Waals surface area contributed by atoms with Crippen LogP contribution in [0.1, 0.15) is 12.5 Å². The lowest BCUT2D eigenvalue weighted by Gasteiger charge is -2.35. The molecule has 23 heavy (non-hydrogen) atoms. The molecule has 3 rings (SSSR count). The van der Waals surface area contributed by atoms with Gasteiger partial charge in [0.1, 0.15) is 5.75 Å². The maximum atomic E-state index is 11.1. The van der Waals surface area contributed by atoms with Crippen LogP contribution in [0, 0.1) is 15.5 Å². The van der Waals surface area contributed by atoms with Crippen molar-refractivity contribution in [3.63, 3.8) is 0 Å². The zero-order valence-corrected chi connectivity index (χ0v) is 12.9. The lowest BCUT2D eigenvalue weighted by molar-refractivity contribution is -0.418. The smallest absolute Gasteiger partial charge is 0.351 e. The van der Waals surface area contributed by atoms with Crippen molar-refractivity contribution in [2.45, 2.75) is 19.1 Å². The summed E-state index contributed by atoms with van der Waals surface area (Å²) in [4.78, 5) is 13.9. The highest BCUT2D eigenvalue weighted by molar-refractivity contribution is 5.98. The highest BCUT2D eigenvalue weighted by atomic mass is 16.6. The summed E-state index contributed by atoms with van der Waals surface area (Å²) in [6.45, 7) is 3.26. The molecule has 0 amide bonds. The largest absolute Gasteiger partial charge is 0.503 e. The number of nitrogens with zero attached hydrogens (tertiary/aromatic N) is 3. The molecule has 0 radical (unpaired) electrons. The second kappa shape index (κ2) is 5.24. The molecule has 8 nitrogen and oxygen atoms in total. The molecular formula is C15H18N4O4. The second-order valence-corrected chi connectivity index (χ2v) is 5.75. The number of aliphatic hydroxyl groups excluding tert-OH is 1. The van der Waals surface area contributed by atoms with Crippen molar-refractivity contribution in [3.05, 3.63) is 51.4 Å². The molecule has 0 bridgehead atoms. The fourth-order valence-electron chi connectivity index (χ4n) is 3.30. The van der Waals surface area contributed by atoms with Gasteiger partial charge in [0, 0.05) is 19.6 Å². The summed E-state index contributed by atoms with van der Waals surface area (Å²) in [5, 5.41) is 29.5. The topological polar surface area (TPSA) is 103 Å². The summed E-state index contributed by atoms with van der Waals surface area (Å²) >= 11 is 0. The monoisotopic (exact) mass is 318 g/mol. The molecule has 0 aliphatic carbocycles. The molecule has 2 N–H and O–H groups in total. The predicted octanol–water partition coefficient (Wildman–Crippen LogP) is 1.57. The van der Waals surface area contributed by atoms with Crippen molar-refractivity contribution >= 4 is 5.84 Å². The van der Waals surface area contributed by atoms with E-state index in [1.807, 2.05) is 29.2 Å². The Morgan fingerprint density at radius 3 is 2.87 bits per heavy atom. The quantitative estimate of drug-likeness (QED) is 0.645. The lowest BCUT2D eigenvalue weighted by atomic mass is 10.1. The van der Waals surface area contributed by atoms with Crippen LogP contribution in [-0.4, -0.2) is 51.5 Å². The molecule has 2 aliphatic rings. The van der Waals surface area contributed by atoms with Crippen LogP contribution in [0.2, 0.25) is 0 Å². The van der Waals surface area contributed by atoms with Crippen LogP contribution in [0.3, 0.4) is 0 Å². The molecule has 8 heteroatoms. The highest BCUT2D eigenvalue weighted by Gasteiger charge is 2.58. The Morgan fingerprint density at radius 2 is 2.22 bits per heavy atom. The molecule has 1 unspecified atom stereocenters. The Morgan fingerprint density at radius 1 is 1.48 bits per heavy atom. The molecule has 2 heterocycles. The van der Waals surface area contributed by atoms with Gasteiger partial charge in [0.05, 0.1) is 12.0 Å². The highest BCUT2D eigenvalue weighted by Crippen LogP contribution is 2.41. The number of benzene rings is 1. The number of fused-ring (bicyclic) bond motifs is 1. The molecule has 1 aromatic rings. The van der Waals surface area contributed by atoms with E-state index in [0.717, 1.165) is 11.3 Å². The van der Waals surface area contributed by atoms with E-state index in [0.29, 0.717) is 19.6 Å². The van der Waals surface area contributed by atoms with E-state index >= 15 is 0 Å². The fourth-order valence-corrected chi connectivity index (χ4v) is 3.30. The fraction of sp³-hybridized carbons (Fsp3) is 0.400. The third-order valence-corrected chi connectivity index (χ3v) is 4.59. The van der Waals surface area contributed by atoms with Crippen molar-refractivity contribution in [3.8, 4) is 5.75 Å². The molecule has 1 aromatic carbocycles. The van der Waals surface area contributed by atoms with Gasteiger partial charge in [-0.25, -0.2) is 0 Å².